The number of carboxylic acid groups (broad SMARTS) is 1. The average Bonchev–Trinajstić information content (AvgIpc) is 2.75. The Kier molecular flexibility index (Phi) is 3.93. The number of imidazole rings is 1. The minimum Gasteiger partial charge on any atom is -0.481 e. The molecule has 0 aliphatic carbocycles. The van der Waals surface area contributed by atoms with Gasteiger partial charge in [-0.05, 0) is 25.5 Å². The third-order valence-electron chi connectivity index (χ3n) is 2.87. The second kappa shape index (κ2) is 5.49. The summed E-state index contributed by atoms with van der Waals surface area (Å²) in [5, 5.41) is 9.20. The van der Waals surface area contributed by atoms with E-state index in [-0.39, 0.29) is 5.75 Å². The summed E-state index contributed by atoms with van der Waals surface area (Å²) in [6.07, 6.45) is 1.62. The van der Waals surface area contributed by atoms with Gasteiger partial charge >= 0.3 is 5.97 Å². The fraction of sp³-hybridized carbons (Fsp3) is 0.333. The van der Waals surface area contributed by atoms with Crippen molar-refractivity contribution in [3.63, 3.8) is 0 Å². The van der Waals surface area contributed by atoms with Crippen LogP contribution in [0.4, 0.5) is 0 Å². The summed E-state index contributed by atoms with van der Waals surface area (Å²) in [5.41, 5.74) is 7.42. The number of aliphatic carboxylic acids is 1. The molecule has 0 saturated carbocycles. The highest BCUT2D eigenvalue weighted by atomic mass is 32.2. The Hall–Kier alpha value is -2.09. The maximum Gasteiger partial charge on any atom is 0.313 e. The topological polar surface area (TPSA) is 111 Å². The largest absolute Gasteiger partial charge is 0.481 e. The zero-order chi connectivity index (χ0) is 14.9. The number of carboxylic acids is 1. The second-order valence-corrected chi connectivity index (χ2v) is 5.27. The van der Waals surface area contributed by atoms with Crippen LogP contribution in [-0.2, 0) is 9.59 Å². The fourth-order valence-corrected chi connectivity index (χ4v) is 2.59. The lowest BCUT2D eigenvalue weighted by Gasteiger charge is -2.12. The van der Waals surface area contributed by atoms with E-state index in [4.69, 9.17) is 10.8 Å². The summed E-state index contributed by atoms with van der Waals surface area (Å²) in [4.78, 5) is 30.7. The van der Waals surface area contributed by atoms with Crippen molar-refractivity contribution in [3.8, 4) is 0 Å². The van der Waals surface area contributed by atoms with Crippen LogP contribution < -0.4 is 5.73 Å². The number of carbonyl (C=O) groups excluding carboxylic acids is 1. The summed E-state index contributed by atoms with van der Waals surface area (Å²) < 4.78 is 1.58. The molecule has 0 saturated heterocycles. The van der Waals surface area contributed by atoms with Crippen molar-refractivity contribution < 1.29 is 14.7 Å². The van der Waals surface area contributed by atoms with Gasteiger partial charge in [-0.1, -0.05) is 11.8 Å². The van der Waals surface area contributed by atoms with Crippen LogP contribution >= 0.6 is 11.8 Å². The molecule has 0 aromatic carbocycles. The highest BCUT2D eigenvalue weighted by molar-refractivity contribution is 7.99. The van der Waals surface area contributed by atoms with Gasteiger partial charge in [-0.3, -0.25) is 14.2 Å². The van der Waals surface area contributed by atoms with E-state index in [2.05, 4.69) is 9.97 Å². The molecule has 3 N–H and O–H groups in total. The quantitative estimate of drug-likeness (QED) is 0.795. The Morgan fingerprint density at radius 2 is 2.25 bits per heavy atom. The standard InChI is InChI=1S/C12H14N4O3S/c1-6-3-4-14-11-9(6)15-12(20-5-8(17)18)16(11)7(2)10(13)19/h3-4,7H,5H2,1-2H3,(H2,13,19)(H,17,18). The number of primary amides is 1. The summed E-state index contributed by atoms with van der Waals surface area (Å²) in [6.45, 7) is 3.51. The average molecular weight is 294 g/mol. The van der Waals surface area contributed by atoms with Crippen LogP contribution in [0, 0.1) is 6.92 Å². The lowest BCUT2D eigenvalue weighted by Crippen LogP contribution is -2.24. The van der Waals surface area contributed by atoms with Crippen molar-refractivity contribution in [2.45, 2.75) is 25.0 Å². The third kappa shape index (κ3) is 2.60. The number of aromatic nitrogens is 3. The van der Waals surface area contributed by atoms with Gasteiger partial charge in [-0.2, -0.15) is 0 Å². The number of rotatable bonds is 5. The Morgan fingerprint density at radius 3 is 2.85 bits per heavy atom. The van der Waals surface area contributed by atoms with Crippen molar-refractivity contribution in [1.29, 1.82) is 0 Å². The minimum absolute atomic E-state index is 0.145. The zero-order valence-corrected chi connectivity index (χ0v) is 11.8. The van der Waals surface area contributed by atoms with Crippen molar-refractivity contribution in [1.82, 2.24) is 14.5 Å². The number of fused-ring (bicyclic) bond motifs is 1. The molecule has 0 fully saturated rings. The van der Waals surface area contributed by atoms with E-state index in [1.165, 1.54) is 0 Å². The van der Waals surface area contributed by atoms with E-state index in [1.807, 2.05) is 6.92 Å². The lowest BCUT2D eigenvalue weighted by molar-refractivity contribution is -0.133. The third-order valence-corrected chi connectivity index (χ3v) is 3.81. The predicted octanol–water partition coefficient (Wildman–Crippen LogP) is 0.963. The van der Waals surface area contributed by atoms with Crippen LogP contribution in [-0.4, -0.2) is 37.3 Å². The monoisotopic (exact) mass is 294 g/mol. The molecule has 20 heavy (non-hydrogen) atoms. The first-order chi connectivity index (χ1) is 9.41. The number of hydrogen-bond acceptors (Lipinski definition) is 5. The number of thioether (sulfide) groups is 1. The number of nitrogens with two attached hydrogens (primary N) is 1. The fourth-order valence-electron chi connectivity index (χ4n) is 1.80. The van der Waals surface area contributed by atoms with Gasteiger partial charge in [-0.15, -0.1) is 0 Å². The molecule has 0 radical (unpaired) electrons. The van der Waals surface area contributed by atoms with E-state index in [0.717, 1.165) is 17.3 Å². The Labute approximate surface area is 119 Å². The van der Waals surface area contributed by atoms with Crippen LogP contribution in [0.5, 0.6) is 0 Å². The van der Waals surface area contributed by atoms with Crippen LogP contribution in [0.25, 0.3) is 11.2 Å². The molecule has 0 aliphatic rings. The number of pyridine rings is 1. The molecule has 8 heteroatoms. The van der Waals surface area contributed by atoms with Crippen LogP contribution in [0.2, 0.25) is 0 Å². The number of amides is 1. The maximum atomic E-state index is 11.4. The zero-order valence-electron chi connectivity index (χ0n) is 11.0. The van der Waals surface area contributed by atoms with Crippen LogP contribution in [0.15, 0.2) is 17.4 Å². The SMILES string of the molecule is Cc1ccnc2c1nc(SCC(=O)O)n2C(C)C(N)=O. The van der Waals surface area contributed by atoms with Crippen molar-refractivity contribution in [2.75, 3.05) is 5.75 Å². The molecule has 1 unspecified atom stereocenters. The molecule has 1 amide bonds. The summed E-state index contributed by atoms with van der Waals surface area (Å²) in [6, 6.07) is 1.16. The second-order valence-electron chi connectivity index (χ2n) is 4.33. The first-order valence-electron chi connectivity index (χ1n) is 5.89. The van der Waals surface area contributed by atoms with Gasteiger partial charge in [0.1, 0.15) is 11.6 Å². The Balaban J connectivity index is 2.59. The molecule has 0 bridgehead atoms. The van der Waals surface area contributed by atoms with Crippen molar-refractivity contribution >= 4 is 34.8 Å². The smallest absolute Gasteiger partial charge is 0.313 e. The predicted molar refractivity (Wildman–Crippen MR) is 74.5 cm³/mol. The highest BCUT2D eigenvalue weighted by Gasteiger charge is 2.22. The molecule has 2 heterocycles. The van der Waals surface area contributed by atoms with Gasteiger partial charge in [0.2, 0.25) is 5.91 Å². The summed E-state index contributed by atoms with van der Waals surface area (Å²) in [5.74, 6) is -1.62. The molecule has 7 nitrogen and oxygen atoms in total. The van der Waals surface area contributed by atoms with E-state index < -0.39 is 17.9 Å². The molecule has 106 valence electrons. The molecule has 2 aromatic rings. The normalized spacial score (nSPS) is 12.5. The molecule has 2 aromatic heterocycles. The van der Waals surface area contributed by atoms with Gasteiger partial charge in [0.25, 0.3) is 0 Å². The van der Waals surface area contributed by atoms with Gasteiger partial charge in [-0.25, -0.2) is 9.97 Å². The van der Waals surface area contributed by atoms with E-state index in [0.29, 0.717) is 16.3 Å². The molecular formula is C12H14N4O3S. The molecule has 0 spiro atoms. The van der Waals surface area contributed by atoms with Crippen LogP contribution in [0.3, 0.4) is 0 Å². The highest BCUT2D eigenvalue weighted by Crippen LogP contribution is 2.28. The van der Waals surface area contributed by atoms with E-state index >= 15 is 0 Å². The van der Waals surface area contributed by atoms with E-state index in [1.54, 1.807) is 23.8 Å². The van der Waals surface area contributed by atoms with Crippen molar-refractivity contribution in [2.24, 2.45) is 5.73 Å². The first kappa shape index (κ1) is 14.3. The van der Waals surface area contributed by atoms with E-state index in [9.17, 15) is 9.59 Å². The number of carbonyl (C=O) groups is 2. The summed E-state index contributed by atoms with van der Waals surface area (Å²) >= 11 is 1.04. The lowest BCUT2D eigenvalue weighted by atomic mass is 10.2. The number of hydrogen-bond donors (Lipinski definition) is 2. The van der Waals surface area contributed by atoms with Gasteiger partial charge in [0.05, 0.1) is 5.75 Å². The molecule has 1 atom stereocenters. The van der Waals surface area contributed by atoms with Crippen molar-refractivity contribution in [3.05, 3.63) is 17.8 Å². The Morgan fingerprint density at radius 1 is 1.55 bits per heavy atom. The van der Waals surface area contributed by atoms with Gasteiger partial charge in [0, 0.05) is 6.20 Å². The molecular weight excluding hydrogens is 280 g/mol. The maximum absolute atomic E-state index is 11.4. The molecule has 2 rings (SSSR count). The number of aryl methyl sites for hydroxylation is 1. The van der Waals surface area contributed by atoms with Gasteiger partial charge < -0.3 is 10.8 Å². The minimum atomic E-state index is -0.954. The summed E-state index contributed by atoms with van der Waals surface area (Å²) in [7, 11) is 0. The first-order valence-corrected chi connectivity index (χ1v) is 6.87. The van der Waals surface area contributed by atoms with Gasteiger partial charge in [0.15, 0.2) is 10.8 Å². The van der Waals surface area contributed by atoms with Crippen LogP contribution in [0.1, 0.15) is 18.5 Å². The molecule has 0 aliphatic heterocycles. The Bertz CT molecular complexity index is 683. The number of nitrogens with zero attached hydrogens (tertiary/aromatic N) is 3.